The highest BCUT2D eigenvalue weighted by Gasteiger charge is 2.10. The van der Waals surface area contributed by atoms with E-state index in [1.54, 1.807) is 11.7 Å². The van der Waals surface area contributed by atoms with Crippen molar-refractivity contribution in [3.05, 3.63) is 43.5 Å². The third kappa shape index (κ3) is 2.78. The second-order valence-electron chi connectivity index (χ2n) is 4.99. The van der Waals surface area contributed by atoms with Gasteiger partial charge in [-0.3, -0.25) is 14.4 Å². The third-order valence-electron chi connectivity index (χ3n) is 3.41. The molecular weight excluding hydrogens is 300 g/mol. The van der Waals surface area contributed by atoms with Crippen molar-refractivity contribution in [2.45, 2.75) is 19.9 Å². The zero-order valence-electron chi connectivity index (χ0n) is 12.7. The van der Waals surface area contributed by atoms with Gasteiger partial charge in [0.1, 0.15) is 0 Å². The summed E-state index contributed by atoms with van der Waals surface area (Å²) in [5, 5.41) is 0. The smallest absolute Gasteiger partial charge is 0.270 e. The summed E-state index contributed by atoms with van der Waals surface area (Å²) in [5.74, 6) is 1.40. The zero-order chi connectivity index (χ0) is 15.5. The summed E-state index contributed by atoms with van der Waals surface area (Å²) < 4.78 is 13.4. The molecule has 1 aromatic carbocycles. The minimum absolute atomic E-state index is 0.0338. The fraction of sp³-hybridized carbons (Fsp3) is 0.375. The largest absolute Gasteiger partial charge is 0.493 e. The van der Waals surface area contributed by atoms with E-state index < -0.39 is 0 Å². The molecule has 0 bridgehead atoms. The van der Waals surface area contributed by atoms with Gasteiger partial charge in [-0.15, -0.1) is 0 Å². The predicted octanol–water partition coefficient (Wildman–Crippen LogP) is 1.17. The molecule has 5 nitrogen and oxygen atoms in total. The van der Waals surface area contributed by atoms with E-state index in [9.17, 15) is 4.79 Å². The molecule has 0 saturated carbocycles. The highest BCUT2D eigenvalue weighted by atomic mass is 32.1. The topological polar surface area (TPSA) is 52.8 Å². The standard InChI is InChI=1S/C16H18N2O3S/c1-3-8-21-12-5-4-11(9-13(12)20-2)10-14-15(19)18-7-6-17-16(18)22-14/h4-5,9-10H,3,6-8H2,1-2H3/b14-10-. The first-order chi connectivity index (χ1) is 10.7. The Morgan fingerprint density at radius 1 is 1.41 bits per heavy atom. The second kappa shape index (κ2) is 6.36. The fourth-order valence-corrected chi connectivity index (χ4v) is 3.35. The van der Waals surface area contributed by atoms with Crippen molar-refractivity contribution in [3.63, 3.8) is 0 Å². The summed E-state index contributed by atoms with van der Waals surface area (Å²) >= 11 is 1.43. The zero-order valence-corrected chi connectivity index (χ0v) is 13.5. The number of rotatable bonds is 5. The number of methoxy groups -OCH3 is 1. The van der Waals surface area contributed by atoms with E-state index in [-0.39, 0.29) is 5.56 Å². The van der Waals surface area contributed by atoms with Crippen LogP contribution in [0.3, 0.4) is 0 Å². The normalized spacial score (nSPS) is 13.8. The van der Waals surface area contributed by atoms with Gasteiger partial charge in [-0.25, -0.2) is 0 Å². The van der Waals surface area contributed by atoms with Gasteiger partial charge in [0.15, 0.2) is 16.3 Å². The molecular formula is C16H18N2O3S. The highest BCUT2D eigenvalue weighted by Crippen LogP contribution is 2.28. The first-order valence-electron chi connectivity index (χ1n) is 7.29. The maximum absolute atomic E-state index is 12.3. The minimum atomic E-state index is 0.0338. The fourth-order valence-electron chi connectivity index (χ4n) is 2.33. The summed E-state index contributed by atoms with van der Waals surface area (Å²) in [5.41, 5.74) is 0.949. The van der Waals surface area contributed by atoms with E-state index in [1.165, 1.54) is 11.3 Å². The van der Waals surface area contributed by atoms with E-state index in [4.69, 9.17) is 9.47 Å². The van der Waals surface area contributed by atoms with E-state index in [1.807, 2.05) is 24.3 Å². The molecule has 22 heavy (non-hydrogen) atoms. The Balaban J connectivity index is 1.99. The van der Waals surface area contributed by atoms with Crippen molar-refractivity contribution in [3.8, 4) is 11.5 Å². The lowest BCUT2D eigenvalue weighted by atomic mass is 10.2. The maximum atomic E-state index is 12.3. The van der Waals surface area contributed by atoms with Crippen LogP contribution in [0.2, 0.25) is 0 Å². The average Bonchev–Trinajstić information content (AvgIpc) is 3.10. The molecule has 0 amide bonds. The molecule has 2 aromatic rings. The van der Waals surface area contributed by atoms with Crippen molar-refractivity contribution in [2.24, 2.45) is 4.99 Å². The van der Waals surface area contributed by atoms with Gasteiger partial charge in [0.05, 0.1) is 24.8 Å². The monoisotopic (exact) mass is 318 g/mol. The molecule has 0 aliphatic carbocycles. The van der Waals surface area contributed by atoms with E-state index in [0.29, 0.717) is 30.0 Å². The van der Waals surface area contributed by atoms with Crippen molar-refractivity contribution in [2.75, 3.05) is 20.3 Å². The summed E-state index contributed by atoms with van der Waals surface area (Å²) in [7, 11) is 1.62. The Morgan fingerprint density at radius 2 is 2.27 bits per heavy atom. The van der Waals surface area contributed by atoms with Gasteiger partial charge in [0, 0.05) is 6.54 Å². The number of hydrogen-bond donors (Lipinski definition) is 0. The van der Waals surface area contributed by atoms with Crippen molar-refractivity contribution < 1.29 is 9.47 Å². The predicted molar refractivity (Wildman–Crippen MR) is 86.6 cm³/mol. The number of aromatic nitrogens is 1. The molecule has 0 N–H and O–H groups in total. The number of nitrogens with zero attached hydrogens (tertiary/aromatic N) is 2. The molecule has 0 saturated heterocycles. The lowest BCUT2D eigenvalue weighted by Crippen LogP contribution is -2.29. The van der Waals surface area contributed by atoms with Crippen LogP contribution in [0.1, 0.15) is 18.9 Å². The molecule has 3 rings (SSSR count). The maximum Gasteiger partial charge on any atom is 0.270 e. The Bertz CT molecular complexity index is 851. The number of benzene rings is 1. The Hall–Kier alpha value is -2.08. The van der Waals surface area contributed by atoms with Crippen LogP contribution in [0.5, 0.6) is 11.5 Å². The van der Waals surface area contributed by atoms with Crippen molar-refractivity contribution in [1.29, 1.82) is 0 Å². The quantitative estimate of drug-likeness (QED) is 0.831. The van der Waals surface area contributed by atoms with Crippen molar-refractivity contribution >= 4 is 17.4 Å². The van der Waals surface area contributed by atoms with Gasteiger partial charge in [-0.2, -0.15) is 0 Å². The lowest BCUT2D eigenvalue weighted by molar-refractivity contribution is 0.294. The van der Waals surface area contributed by atoms with Gasteiger partial charge < -0.3 is 9.47 Å². The Labute approximate surface area is 132 Å². The molecule has 1 aromatic heterocycles. The van der Waals surface area contributed by atoms with E-state index in [0.717, 1.165) is 22.5 Å². The van der Waals surface area contributed by atoms with Gasteiger partial charge in [0.2, 0.25) is 0 Å². The SMILES string of the molecule is CCCOc1ccc(/C=c2\sc3n(c2=O)CCN=3)cc1OC. The molecule has 0 radical (unpaired) electrons. The number of fused-ring (bicyclic) bond motifs is 1. The second-order valence-corrected chi connectivity index (χ2v) is 6.00. The van der Waals surface area contributed by atoms with E-state index >= 15 is 0 Å². The average molecular weight is 318 g/mol. The molecule has 2 heterocycles. The third-order valence-corrected chi connectivity index (χ3v) is 4.45. The first kappa shape index (κ1) is 14.8. The molecule has 0 atom stereocenters. The summed E-state index contributed by atoms with van der Waals surface area (Å²) in [6, 6.07) is 5.69. The molecule has 0 spiro atoms. The molecule has 0 unspecified atom stereocenters. The van der Waals surface area contributed by atoms with Gasteiger partial charge in [-0.1, -0.05) is 24.3 Å². The lowest BCUT2D eigenvalue weighted by Gasteiger charge is -2.10. The van der Waals surface area contributed by atoms with Crippen LogP contribution in [0.4, 0.5) is 0 Å². The Kier molecular flexibility index (Phi) is 4.29. The van der Waals surface area contributed by atoms with Crippen molar-refractivity contribution in [1.82, 2.24) is 4.57 Å². The van der Waals surface area contributed by atoms with Crippen LogP contribution < -0.4 is 24.4 Å². The molecule has 1 aliphatic rings. The first-order valence-corrected chi connectivity index (χ1v) is 8.11. The number of hydrogen-bond acceptors (Lipinski definition) is 5. The van der Waals surface area contributed by atoms with Crippen LogP contribution in [0.15, 0.2) is 28.0 Å². The van der Waals surface area contributed by atoms with Crippen LogP contribution in [0.25, 0.3) is 6.08 Å². The summed E-state index contributed by atoms with van der Waals surface area (Å²) in [6.45, 7) is 4.10. The van der Waals surface area contributed by atoms with E-state index in [2.05, 4.69) is 11.9 Å². The minimum Gasteiger partial charge on any atom is -0.493 e. The number of thiazole rings is 1. The van der Waals surface area contributed by atoms with Gasteiger partial charge in [-0.05, 0) is 30.2 Å². The molecule has 1 aliphatic heterocycles. The summed E-state index contributed by atoms with van der Waals surface area (Å²) in [6.07, 6.45) is 2.82. The Morgan fingerprint density at radius 3 is 3.00 bits per heavy atom. The van der Waals surface area contributed by atoms with Crippen LogP contribution in [0, 0.1) is 0 Å². The molecule has 116 valence electrons. The van der Waals surface area contributed by atoms with Gasteiger partial charge in [0.25, 0.3) is 5.56 Å². The molecule has 0 fully saturated rings. The highest BCUT2D eigenvalue weighted by molar-refractivity contribution is 7.07. The number of ether oxygens (including phenoxy) is 2. The van der Waals surface area contributed by atoms with Crippen LogP contribution >= 0.6 is 11.3 Å². The van der Waals surface area contributed by atoms with Crippen LogP contribution in [-0.4, -0.2) is 24.8 Å². The van der Waals surface area contributed by atoms with Crippen LogP contribution in [-0.2, 0) is 6.54 Å². The molecule has 6 heteroatoms. The van der Waals surface area contributed by atoms with Gasteiger partial charge >= 0.3 is 0 Å². The summed E-state index contributed by atoms with van der Waals surface area (Å²) in [4.78, 5) is 17.4.